The summed E-state index contributed by atoms with van der Waals surface area (Å²) in [5.41, 5.74) is 5.55. The fourth-order valence-electron chi connectivity index (χ4n) is 0.477. The second kappa shape index (κ2) is 6.20. The molecule has 1 heterocycles. The van der Waals surface area contributed by atoms with Gasteiger partial charge in [-0.25, -0.2) is 4.98 Å². The van der Waals surface area contributed by atoms with Crippen LogP contribution in [-0.2, 0) is 0 Å². The van der Waals surface area contributed by atoms with Gasteiger partial charge in [-0.2, -0.15) is 0 Å². The molecule has 0 saturated carbocycles. The predicted octanol–water partition coefficient (Wildman–Crippen LogP) is 2.77. The average molecular weight is 280 g/mol. The third kappa shape index (κ3) is 4.28. The number of hydrogen-bond donors (Lipinski definition) is 1. The van der Waals surface area contributed by atoms with Gasteiger partial charge < -0.3 is 5.73 Å². The number of nitrogens with zero attached hydrogens (tertiary/aromatic N) is 1. The second-order valence-electron chi connectivity index (χ2n) is 1.79. The Morgan fingerprint density at radius 2 is 2.18 bits per heavy atom. The molecule has 0 aliphatic rings. The van der Waals surface area contributed by atoms with E-state index in [4.69, 9.17) is 5.73 Å². The van der Waals surface area contributed by atoms with Crippen molar-refractivity contribution in [3.05, 3.63) is 15.0 Å². The van der Waals surface area contributed by atoms with Gasteiger partial charge in [0.15, 0.2) is 0 Å². The third-order valence-corrected chi connectivity index (χ3v) is 2.56. The van der Waals surface area contributed by atoms with Crippen molar-refractivity contribution in [2.24, 2.45) is 5.73 Å². The van der Waals surface area contributed by atoms with Crippen LogP contribution in [0, 0.1) is 0 Å². The largest absolute Gasteiger partial charge is 0.322 e. The van der Waals surface area contributed by atoms with Gasteiger partial charge in [0.1, 0.15) is 5.01 Å². The van der Waals surface area contributed by atoms with Crippen molar-refractivity contribution in [1.82, 2.24) is 4.98 Å². The molecule has 66 valence electrons. The molecule has 0 saturated heterocycles. The molecule has 0 amide bonds. The van der Waals surface area contributed by atoms with Gasteiger partial charge in [0.05, 0.1) is 16.0 Å². The molecule has 11 heavy (non-hydrogen) atoms. The first-order chi connectivity index (χ1) is 4.20. The van der Waals surface area contributed by atoms with E-state index in [1.807, 2.05) is 6.92 Å². The minimum absolute atomic E-state index is 0. The normalized spacial score (nSPS) is 11.2. The molecule has 6 heteroatoms. The van der Waals surface area contributed by atoms with Crippen molar-refractivity contribution in [2.45, 2.75) is 13.0 Å². The van der Waals surface area contributed by atoms with Crippen molar-refractivity contribution in [2.75, 3.05) is 0 Å². The summed E-state index contributed by atoms with van der Waals surface area (Å²) in [6.07, 6.45) is 1.77. The van der Waals surface area contributed by atoms with E-state index in [1.165, 1.54) is 0 Å². The molecular formula is C5H9BrCl2N2S. The maximum absolute atomic E-state index is 5.55. The highest BCUT2D eigenvalue weighted by Crippen LogP contribution is 2.22. The molecule has 0 bridgehead atoms. The maximum atomic E-state index is 5.55. The lowest BCUT2D eigenvalue weighted by molar-refractivity contribution is 0.807. The zero-order valence-corrected chi connectivity index (χ0v) is 9.82. The Hall–Kier alpha value is 0.650. The highest BCUT2D eigenvalue weighted by molar-refractivity contribution is 9.11. The lowest BCUT2D eigenvalue weighted by Gasteiger charge is -1.94. The summed E-state index contributed by atoms with van der Waals surface area (Å²) >= 11 is 4.88. The second-order valence-corrected chi connectivity index (χ2v) is 4.23. The van der Waals surface area contributed by atoms with Gasteiger partial charge in [0, 0.05) is 0 Å². The summed E-state index contributed by atoms with van der Waals surface area (Å²) in [6.45, 7) is 1.92. The highest BCUT2D eigenvalue weighted by atomic mass is 79.9. The Morgan fingerprint density at radius 3 is 2.36 bits per heavy atom. The Balaban J connectivity index is 0. The van der Waals surface area contributed by atoms with E-state index in [1.54, 1.807) is 17.5 Å². The fraction of sp³-hybridized carbons (Fsp3) is 0.400. The number of hydrogen-bond acceptors (Lipinski definition) is 3. The van der Waals surface area contributed by atoms with Gasteiger partial charge in [0.25, 0.3) is 0 Å². The van der Waals surface area contributed by atoms with Gasteiger partial charge in [-0.05, 0) is 22.9 Å². The standard InChI is InChI=1S/C5H7BrN2S.2ClH/c1-3(7)5-8-2-4(6)9-5;;/h2-3H,7H2,1H3;2*1H/t3-;;/m1../s1. The summed E-state index contributed by atoms with van der Waals surface area (Å²) in [6, 6.07) is 0.0568. The monoisotopic (exact) mass is 278 g/mol. The van der Waals surface area contributed by atoms with Gasteiger partial charge in [0.2, 0.25) is 0 Å². The van der Waals surface area contributed by atoms with E-state index in [-0.39, 0.29) is 30.9 Å². The number of nitrogens with two attached hydrogens (primary N) is 1. The quantitative estimate of drug-likeness (QED) is 0.859. The summed E-state index contributed by atoms with van der Waals surface area (Å²) < 4.78 is 1.04. The fourth-order valence-corrected chi connectivity index (χ4v) is 1.67. The highest BCUT2D eigenvalue weighted by Gasteiger charge is 2.02. The van der Waals surface area contributed by atoms with Crippen molar-refractivity contribution in [3.8, 4) is 0 Å². The van der Waals surface area contributed by atoms with Gasteiger partial charge in [-0.3, -0.25) is 0 Å². The van der Waals surface area contributed by atoms with Crippen LogP contribution in [0.4, 0.5) is 0 Å². The van der Waals surface area contributed by atoms with E-state index in [0.29, 0.717) is 0 Å². The maximum Gasteiger partial charge on any atom is 0.110 e. The first-order valence-corrected chi connectivity index (χ1v) is 4.18. The van der Waals surface area contributed by atoms with E-state index < -0.39 is 0 Å². The zero-order valence-electron chi connectivity index (χ0n) is 5.78. The lowest BCUT2D eigenvalue weighted by Crippen LogP contribution is -2.03. The minimum Gasteiger partial charge on any atom is -0.322 e. The smallest absolute Gasteiger partial charge is 0.110 e. The van der Waals surface area contributed by atoms with Crippen LogP contribution < -0.4 is 5.73 Å². The molecule has 0 aliphatic heterocycles. The Bertz CT molecular complexity index is 204. The molecule has 2 N–H and O–H groups in total. The SMILES string of the molecule is C[C@@H](N)c1ncc(Br)s1.Cl.Cl. The van der Waals surface area contributed by atoms with Gasteiger partial charge in [-0.1, -0.05) is 0 Å². The Kier molecular flexibility index (Phi) is 7.99. The van der Waals surface area contributed by atoms with Gasteiger partial charge in [-0.15, -0.1) is 36.2 Å². The summed E-state index contributed by atoms with van der Waals surface area (Å²) in [4.78, 5) is 4.06. The summed E-state index contributed by atoms with van der Waals surface area (Å²) in [5.74, 6) is 0. The molecule has 0 aliphatic carbocycles. The van der Waals surface area contributed by atoms with Crippen LogP contribution in [0.2, 0.25) is 0 Å². The van der Waals surface area contributed by atoms with E-state index in [9.17, 15) is 0 Å². The van der Waals surface area contributed by atoms with Crippen LogP contribution in [0.25, 0.3) is 0 Å². The molecule has 2 nitrogen and oxygen atoms in total. The molecular weight excluding hydrogens is 271 g/mol. The first kappa shape index (κ1) is 14.2. The number of aromatic nitrogens is 1. The number of rotatable bonds is 1. The summed E-state index contributed by atoms with van der Waals surface area (Å²) in [7, 11) is 0. The van der Waals surface area contributed by atoms with Crippen LogP contribution in [0.1, 0.15) is 18.0 Å². The van der Waals surface area contributed by atoms with Crippen LogP contribution in [0.5, 0.6) is 0 Å². The Morgan fingerprint density at radius 1 is 1.64 bits per heavy atom. The zero-order chi connectivity index (χ0) is 6.85. The van der Waals surface area contributed by atoms with Crippen LogP contribution >= 0.6 is 52.1 Å². The molecule has 0 unspecified atom stereocenters. The predicted molar refractivity (Wildman–Crippen MR) is 56.9 cm³/mol. The van der Waals surface area contributed by atoms with E-state index in [2.05, 4.69) is 20.9 Å². The first-order valence-electron chi connectivity index (χ1n) is 2.57. The van der Waals surface area contributed by atoms with Crippen molar-refractivity contribution in [1.29, 1.82) is 0 Å². The van der Waals surface area contributed by atoms with Crippen molar-refractivity contribution >= 4 is 52.1 Å². The number of thiazole rings is 1. The Labute approximate surface area is 90.5 Å². The molecule has 0 radical (unpaired) electrons. The molecule has 1 aromatic heterocycles. The lowest BCUT2D eigenvalue weighted by atomic mass is 10.4. The molecule has 0 aromatic carbocycles. The molecule has 0 fully saturated rings. The summed E-state index contributed by atoms with van der Waals surface area (Å²) in [5, 5.41) is 0.974. The van der Waals surface area contributed by atoms with Gasteiger partial charge >= 0.3 is 0 Å². The van der Waals surface area contributed by atoms with Crippen LogP contribution in [0.15, 0.2) is 9.98 Å². The van der Waals surface area contributed by atoms with E-state index >= 15 is 0 Å². The topological polar surface area (TPSA) is 38.9 Å². The molecule has 1 rings (SSSR count). The molecule has 0 spiro atoms. The number of halogens is 3. The van der Waals surface area contributed by atoms with Crippen LogP contribution in [-0.4, -0.2) is 4.98 Å². The minimum atomic E-state index is 0. The van der Waals surface area contributed by atoms with Crippen molar-refractivity contribution in [3.63, 3.8) is 0 Å². The van der Waals surface area contributed by atoms with Crippen LogP contribution in [0.3, 0.4) is 0 Å². The third-order valence-electron chi connectivity index (χ3n) is 0.885. The molecule has 1 aromatic rings. The van der Waals surface area contributed by atoms with E-state index in [0.717, 1.165) is 8.79 Å². The molecule has 1 atom stereocenters. The van der Waals surface area contributed by atoms with Crippen molar-refractivity contribution < 1.29 is 0 Å². The average Bonchev–Trinajstić information content (AvgIpc) is 2.14.